The Kier molecular flexibility index (Phi) is 6.02. The highest BCUT2D eigenvalue weighted by Gasteiger charge is 2.19. The lowest BCUT2D eigenvalue weighted by atomic mass is 10.0. The Morgan fingerprint density at radius 1 is 1.20 bits per heavy atom. The minimum atomic E-state index is -0.201. The monoisotopic (exact) mass is 278 g/mol. The second-order valence-electron chi connectivity index (χ2n) is 5.62. The summed E-state index contributed by atoms with van der Waals surface area (Å²) in [4.78, 5) is 12.0. The van der Waals surface area contributed by atoms with Gasteiger partial charge in [0, 0.05) is 12.0 Å². The summed E-state index contributed by atoms with van der Waals surface area (Å²) < 4.78 is 5.66. The number of hydrogen-bond acceptors (Lipinski definition) is 3. The molecule has 4 heteroatoms. The van der Waals surface area contributed by atoms with Crippen molar-refractivity contribution >= 4 is 5.91 Å². The summed E-state index contributed by atoms with van der Waals surface area (Å²) in [6.07, 6.45) is 0.133. The fraction of sp³-hybridized carbons (Fsp3) is 0.562. The number of carbonyl (C=O) groups excluding carboxylic acids is 1. The summed E-state index contributed by atoms with van der Waals surface area (Å²) >= 11 is 0. The SMILES string of the molecule is CC(C)Oc1cccc(C(C)NC(=O)C(C)C(C)N)c1. The van der Waals surface area contributed by atoms with Gasteiger partial charge in [-0.25, -0.2) is 0 Å². The van der Waals surface area contributed by atoms with Crippen LogP contribution < -0.4 is 15.8 Å². The van der Waals surface area contributed by atoms with Gasteiger partial charge in [-0.3, -0.25) is 4.79 Å². The molecule has 1 aromatic carbocycles. The number of carbonyl (C=O) groups is 1. The summed E-state index contributed by atoms with van der Waals surface area (Å²) in [6.45, 7) is 9.61. The molecule has 0 heterocycles. The maximum Gasteiger partial charge on any atom is 0.224 e. The average Bonchev–Trinajstić information content (AvgIpc) is 2.37. The Balaban J connectivity index is 2.72. The predicted octanol–water partition coefficient (Wildman–Crippen LogP) is 2.63. The van der Waals surface area contributed by atoms with Crippen molar-refractivity contribution in [2.45, 2.75) is 52.8 Å². The van der Waals surface area contributed by atoms with Crippen molar-refractivity contribution in [1.29, 1.82) is 0 Å². The molecule has 0 aliphatic rings. The van der Waals surface area contributed by atoms with E-state index in [9.17, 15) is 4.79 Å². The molecule has 1 amide bonds. The third-order valence-corrected chi connectivity index (χ3v) is 3.29. The molecular weight excluding hydrogens is 252 g/mol. The van der Waals surface area contributed by atoms with Crippen LogP contribution in [-0.2, 0) is 4.79 Å². The van der Waals surface area contributed by atoms with Gasteiger partial charge in [0.1, 0.15) is 5.75 Å². The van der Waals surface area contributed by atoms with E-state index in [0.717, 1.165) is 11.3 Å². The standard InChI is InChI=1S/C16H26N2O2/c1-10(2)20-15-8-6-7-14(9-15)13(5)18-16(19)11(3)12(4)17/h6-13H,17H2,1-5H3,(H,18,19). The Morgan fingerprint density at radius 3 is 2.40 bits per heavy atom. The third-order valence-electron chi connectivity index (χ3n) is 3.29. The lowest BCUT2D eigenvalue weighted by Gasteiger charge is -2.20. The molecule has 20 heavy (non-hydrogen) atoms. The highest BCUT2D eigenvalue weighted by Crippen LogP contribution is 2.20. The van der Waals surface area contributed by atoms with Crippen LogP contribution in [0.5, 0.6) is 5.75 Å². The van der Waals surface area contributed by atoms with Crippen LogP contribution in [0.3, 0.4) is 0 Å². The quantitative estimate of drug-likeness (QED) is 0.840. The van der Waals surface area contributed by atoms with Crippen molar-refractivity contribution in [3.05, 3.63) is 29.8 Å². The number of ether oxygens (including phenoxy) is 1. The summed E-state index contributed by atoms with van der Waals surface area (Å²) in [6, 6.07) is 7.57. The zero-order valence-electron chi connectivity index (χ0n) is 13.0. The molecular formula is C16H26N2O2. The summed E-state index contributed by atoms with van der Waals surface area (Å²) in [5.41, 5.74) is 6.77. The van der Waals surface area contributed by atoms with Gasteiger partial charge < -0.3 is 15.8 Å². The van der Waals surface area contributed by atoms with E-state index in [1.807, 2.05) is 58.9 Å². The van der Waals surface area contributed by atoms with Crippen LogP contribution in [0.15, 0.2) is 24.3 Å². The van der Waals surface area contributed by atoms with Crippen LogP contribution in [-0.4, -0.2) is 18.1 Å². The molecule has 0 fully saturated rings. The molecule has 0 saturated carbocycles. The molecule has 3 atom stereocenters. The first kappa shape index (κ1) is 16.5. The molecule has 3 unspecified atom stereocenters. The number of benzene rings is 1. The van der Waals surface area contributed by atoms with E-state index >= 15 is 0 Å². The van der Waals surface area contributed by atoms with Crippen molar-refractivity contribution in [2.75, 3.05) is 0 Å². The van der Waals surface area contributed by atoms with Crippen molar-refractivity contribution in [2.24, 2.45) is 11.7 Å². The van der Waals surface area contributed by atoms with Gasteiger partial charge in [0.25, 0.3) is 0 Å². The van der Waals surface area contributed by atoms with E-state index in [1.54, 1.807) is 0 Å². The van der Waals surface area contributed by atoms with Gasteiger partial charge >= 0.3 is 0 Å². The molecule has 0 aliphatic heterocycles. The first-order valence-electron chi connectivity index (χ1n) is 7.13. The smallest absolute Gasteiger partial charge is 0.224 e. The molecule has 0 aliphatic carbocycles. The predicted molar refractivity (Wildman–Crippen MR) is 81.6 cm³/mol. The minimum absolute atomic E-state index is 0.0253. The minimum Gasteiger partial charge on any atom is -0.491 e. The lowest BCUT2D eigenvalue weighted by Crippen LogP contribution is -2.39. The first-order valence-corrected chi connectivity index (χ1v) is 7.13. The summed E-state index contributed by atoms with van der Waals surface area (Å²) in [5, 5.41) is 2.98. The van der Waals surface area contributed by atoms with Crippen LogP contribution in [0, 0.1) is 5.92 Å². The molecule has 112 valence electrons. The summed E-state index contributed by atoms with van der Waals surface area (Å²) in [7, 11) is 0. The van der Waals surface area contributed by atoms with Crippen molar-refractivity contribution in [1.82, 2.24) is 5.32 Å². The van der Waals surface area contributed by atoms with E-state index < -0.39 is 0 Å². The van der Waals surface area contributed by atoms with E-state index in [2.05, 4.69) is 5.32 Å². The van der Waals surface area contributed by atoms with E-state index in [1.165, 1.54) is 0 Å². The maximum absolute atomic E-state index is 12.0. The van der Waals surface area contributed by atoms with E-state index in [-0.39, 0.29) is 30.0 Å². The van der Waals surface area contributed by atoms with Gasteiger partial charge in [0.15, 0.2) is 0 Å². The van der Waals surface area contributed by atoms with E-state index in [4.69, 9.17) is 10.5 Å². The Morgan fingerprint density at radius 2 is 1.85 bits per heavy atom. The van der Waals surface area contributed by atoms with Crippen molar-refractivity contribution in [3.63, 3.8) is 0 Å². The van der Waals surface area contributed by atoms with Crippen molar-refractivity contribution in [3.8, 4) is 5.75 Å². The number of amides is 1. The second-order valence-corrected chi connectivity index (χ2v) is 5.62. The molecule has 3 N–H and O–H groups in total. The molecule has 0 bridgehead atoms. The van der Waals surface area contributed by atoms with Crippen LogP contribution in [0.4, 0.5) is 0 Å². The maximum atomic E-state index is 12.0. The molecule has 0 aromatic heterocycles. The molecule has 1 rings (SSSR count). The van der Waals surface area contributed by atoms with Gasteiger partial charge in [0.2, 0.25) is 5.91 Å². The highest BCUT2D eigenvalue weighted by atomic mass is 16.5. The van der Waals surface area contributed by atoms with Crippen LogP contribution >= 0.6 is 0 Å². The number of rotatable bonds is 6. The third kappa shape index (κ3) is 4.85. The molecule has 4 nitrogen and oxygen atoms in total. The van der Waals surface area contributed by atoms with Crippen LogP contribution in [0.25, 0.3) is 0 Å². The number of nitrogens with one attached hydrogen (secondary N) is 1. The molecule has 1 aromatic rings. The average molecular weight is 278 g/mol. The molecule has 0 saturated heterocycles. The van der Waals surface area contributed by atoms with Gasteiger partial charge in [-0.15, -0.1) is 0 Å². The fourth-order valence-electron chi connectivity index (χ4n) is 1.80. The topological polar surface area (TPSA) is 64.3 Å². The fourth-order valence-corrected chi connectivity index (χ4v) is 1.80. The van der Waals surface area contributed by atoms with E-state index in [0.29, 0.717) is 0 Å². The Labute approximate surface area is 121 Å². The molecule has 0 spiro atoms. The zero-order chi connectivity index (χ0) is 15.3. The second kappa shape index (κ2) is 7.29. The number of hydrogen-bond donors (Lipinski definition) is 2. The highest BCUT2D eigenvalue weighted by molar-refractivity contribution is 5.79. The lowest BCUT2D eigenvalue weighted by molar-refractivity contribution is -0.125. The van der Waals surface area contributed by atoms with Crippen LogP contribution in [0.1, 0.15) is 46.2 Å². The van der Waals surface area contributed by atoms with Crippen molar-refractivity contribution < 1.29 is 9.53 Å². The zero-order valence-corrected chi connectivity index (χ0v) is 13.0. The van der Waals surface area contributed by atoms with Gasteiger partial charge in [0.05, 0.1) is 12.1 Å². The first-order chi connectivity index (χ1) is 9.31. The Bertz CT molecular complexity index is 444. The van der Waals surface area contributed by atoms with Gasteiger partial charge in [-0.1, -0.05) is 19.1 Å². The number of nitrogens with two attached hydrogens (primary N) is 1. The Hall–Kier alpha value is -1.55. The largest absolute Gasteiger partial charge is 0.491 e. The van der Waals surface area contributed by atoms with Gasteiger partial charge in [-0.05, 0) is 45.4 Å². The van der Waals surface area contributed by atoms with Crippen LogP contribution in [0.2, 0.25) is 0 Å². The summed E-state index contributed by atoms with van der Waals surface area (Å²) in [5.74, 6) is 0.592. The molecule has 0 radical (unpaired) electrons. The van der Waals surface area contributed by atoms with Gasteiger partial charge in [-0.2, -0.15) is 0 Å². The normalized spacial score (nSPS) is 15.6.